The molecule has 0 unspecified atom stereocenters. The van der Waals surface area contributed by atoms with Crippen molar-refractivity contribution in [2.45, 2.75) is 15.0 Å². The van der Waals surface area contributed by atoms with Gasteiger partial charge in [-0.2, -0.15) is 0 Å². The predicted octanol–water partition coefficient (Wildman–Crippen LogP) is 6.30. The van der Waals surface area contributed by atoms with Crippen LogP contribution in [0.2, 0.25) is 10.0 Å². The molecule has 0 atom stereocenters. The fraction of sp³-hybridized carbons (Fsp3) is 0.0870. The number of hydrogen-bond acceptors (Lipinski definition) is 6. The number of hydrogen-bond donors (Lipinski definition) is 0. The highest BCUT2D eigenvalue weighted by Gasteiger charge is 2.27. The van der Waals surface area contributed by atoms with Crippen LogP contribution in [-0.4, -0.2) is 28.1 Å². The van der Waals surface area contributed by atoms with Crippen LogP contribution >= 0.6 is 34.5 Å². The third-order valence-corrected chi connectivity index (χ3v) is 9.62. The molecule has 4 aromatic rings. The average Bonchev–Trinajstić information content (AvgIpc) is 3.19. The van der Waals surface area contributed by atoms with Crippen molar-refractivity contribution >= 4 is 54.2 Å². The smallest absolute Gasteiger partial charge is 0.210 e. The minimum atomic E-state index is -3.95. The molecule has 34 heavy (non-hydrogen) atoms. The quantitative estimate of drug-likeness (QED) is 0.279. The molecule has 0 saturated carbocycles. The van der Waals surface area contributed by atoms with E-state index in [9.17, 15) is 21.2 Å². The second-order valence-corrected chi connectivity index (χ2v) is 13.5. The molecule has 0 bridgehead atoms. The highest BCUT2D eigenvalue weighted by molar-refractivity contribution is 7.92. The second kappa shape index (κ2) is 9.39. The van der Waals surface area contributed by atoms with E-state index in [1.54, 1.807) is 18.2 Å². The van der Waals surface area contributed by atoms with Crippen LogP contribution in [0.3, 0.4) is 0 Å². The minimum Gasteiger partial charge on any atom is -0.224 e. The van der Waals surface area contributed by atoms with Gasteiger partial charge in [0.2, 0.25) is 14.2 Å². The number of nitrogens with zero attached hydrogens (tertiary/aromatic N) is 1. The third kappa shape index (κ3) is 5.34. The monoisotopic (exact) mass is 555 g/mol. The van der Waals surface area contributed by atoms with Crippen LogP contribution in [0.15, 0.2) is 76.0 Å². The van der Waals surface area contributed by atoms with E-state index in [0.717, 1.165) is 17.6 Å². The summed E-state index contributed by atoms with van der Waals surface area (Å²) in [6.07, 6.45) is 1.07. The molecule has 3 aromatic carbocycles. The van der Waals surface area contributed by atoms with Gasteiger partial charge in [0.05, 0.1) is 21.2 Å². The van der Waals surface area contributed by atoms with E-state index in [-0.39, 0.29) is 14.9 Å². The molecule has 0 N–H and O–H groups in total. The van der Waals surface area contributed by atoms with Crippen molar-refractivity contribution in [2.75, 3.05) is 6.26 Å². The first-order valence-electron chi connectivity index (χ1n) is 9.68. The van der Waals surface area contributed by atoms with Crippen LogP contribution in [0.25, 0.3) is 21.7 Å². The van der Waals surface area contributed by atoms with E-state index < -0.39 is 31.2 Å². The normalized spacial score (nSPS) is 12.1. The lowest BCUT2D eigenvalue weighted by molar-refractivity contribution is 0.594. The van der Waals surface area contributed by atoms with Crippen molar-refractivity contribution in [3.63, 3.8) is 0 Å². The van der Waals surface area contributed by atoms with Gasteiger partial charge in [-0.15, -0.1) is 11.3 Å². The summed E-state index contributed by atoms with van der Waals surface area (Å²) in [5, 5.41) is 0.596. The third-order valence-electron chi connectivity index (χ3n) is 4.80. The van der Waals surface area contributed by atoms with Crippen LogP contribution in [-0.2, 0) is 25.4 Å². The average molecular weight is 556 g/mol. The zero-order chi connectivity index (χ0) is 24.7. The Hall–Kier alpha value is -2.30. The molecule has 0 aliphatic heterocycles. The molecule has 5 nitrogen and oxygen atoms in total. The van der Waals surface area contributed by atoms with Gasteiger partial charge >= 0.3 is 0 Å². The lowest BCUT2D eigenvalue weighted by Crippen LogP contribution is -2.04. The van der Waals surface area contributed by atoms with Crippen molar-refractivity contribution in [1.29, 1.82) is 0 Å². The largest absolute Gasteiger partial charge is 0.224 e. The van der Waals surface area contributed by atoms with Gasteiger partial charge in [-0.05, 0) is 54.1 Å². The zero-order valence-corrected chi connectivity index (χ0v) is 21.5. The van der Waals surface area contributed by atoms with Gasteiger partial charge in [0.25, 0.3) is 0 Å². The Morgan fingerprint density at radius 1 is 0.912 bits per heavy atom. The summed E-state index contributed by atoms with van der Waals surface area (Å²) in [4.78, 5) is 4.75. The first kappa shape index (κ1) is 24.8. The Kier molecular flexibility index (Phi) is 6.85. The summed E-state index contributed by atoms with van der Waals surface area (Å²) < 4.78 is 64.7. The summed E-state index contributed by atoms with van der Waals surface area (Å²) >= 11 is 12.9. The van der Waals surface area contributed by atoms with Crippen LogP contribution in [0.5, 0.6) is 0 Å². The van der Waals surface area contributed by atoms with E-state index in [0.29, 0.717) is 31.6 Å². The predicted molar refractivity (Wildman–Crippen MR) is 133 cm³/mol. The van der Waals surface area contributed by atoms with Gasteiger partial charge in [0.1, 0.15) is 5.82 Å². The number of rotatable bonds is 6. The maximum absolute atomic E-state index is 13.5. The SMILES string of the molecule is CS(=O)(=O)c1ccccc1-c1sc(S(=O)(=O)Cc2cc(Cl)cc(Cl)c2)nc1-c1ccc(F)cc1. The van der Waals surface area contributed by atoms with Crippen LogP contribution in [0.1, 0.15) is 5.56 Å². The Bertz CT molecular complexity index is 1580. The van der Waals surface area contributed by atoms with Gasteiger partial charge in [-0.25, -0.2) is 26.2 Å². The second-order valence-electron chi connectivity index (χ2n) is 7.47. The number of sulfone groups is 2. The van der Waals surface area contributed by atoms with Gasteiger partial charge < -0.3 is 0 Å². The molecule has 0 spiro atoms. The van der Waals surface area contributed by atoms with Crippen molar-refractivity contribution in [3.8, 4) is 21.7 Å². The van der Waals surface area contributed by atoms with Crippen molar-refractivity contribution in [3.05, 3.63) is 88.2 Å². The molecule has 4 rings (SSSR count). The van der Waals surface area contributed by atoms with Crippen LogP contribution in [0.4, 0.5) is 4.39 Å². The summed E-state index contributed by atoms with van der Waals surface area (Å²) in [7, 11) is -7.59. The highest BCUT2D eigenvalue weighted by atomic mass is 35.5. The first-order chi connectivity index (χ1) is 15.9. The summed E-state index contributed by atoms with van der Waals surface area (Å²) in [6.45, 7) is 0. The lowest BCUT2D eigenvalue weighted by atomic mass is 10.1. The number of thiazole rings is 1. The molecule has 0 amide bonds. The Balaban J connectivity index is 1.91. The standard InChI is InChI=1S/C23H16Cl2FNO4S3/c1-33(28,29)20-5-3-2-4-19(20)22-21(15-6-8-18(26)9-7-15)27-23(32-22)34(30,31)13-14-10-16(24)12-17(25)11-14/h2-12H,13H2,1H3. The van der Waals surface area contributed by atoms with Crippen molar-refractivity contribution < 1.29 is 21.2 Å². The molecular formula is C23H16Cl2FNO4S3. The topological polar surface area (TPSA) is 81.2 Å². The fourth-order valence-electron chi connectivity index (χ4n) is 3.37. The molecule has 176 valence electrons. The maximum atomic E-state index is 13.5. The fourth-order valence-corrected chi connectivity index (χ4v) is 7.66. The molecule has 0 fully saturated rings. The van der Waals surface area contributed by atoms with Crippen LogP contribution < -0.4 is 0 Å². The lowest BCUT2D eigenvalue weighted by Gasteiger charge is -2.08. The zero-order valence-electron chi connectivity index (χ0n) is 17.5. The number of benzene rings is 3. The molecule has 11 heteroatoms. The Morgan fingerprint density at radius 2 is 1.53 bits per heavy atom. The minimum absolute atomic E-state index is 0.0348. The number of aromatic nitrogens is 1. The van der Waals surface area contributed by atoms with Gasteiger partial charge in [-0.1, -0.05) is 41.4 Å². The Labute approximate surface area is 210 Å². The Morgan fingerprint density at radius 3 is 2.15 bits per heavy atom. The van der Waals surface area contributed by atoms with Crippen molar-refractivity contribution in [1.82, 2.24) is 4.98 Å². The van der Waals surface area contributed by atoms with E-state index in [4.69, 9.17) is 23.2 Å². The molecule has 0 radical (unpaired) electrons. The summed E-state index contributed by atoms with van der Waals surface area (Å²) in [5.41, 5.74) is 1.38. The molecule has 0 aliphatic rings. The van der Waals surface area contributed by atoms with Gasteiger partial charge in [0, 0.05) is 27.4 Å². The van der Waals surface area contributed by atoms with E-state index in [1.807, 2.05) is 0 Å². The van der Waals surface area contributed by atoms with Crippen LogP contribution in [0, 0.1) is 5.82 Å². The van der Waals surface area contributed by atoms with E-state index in [1.165, 1.54) is 48.5 Å². The molecule has 0 saturated heterocycles. The van der Waals surface area contributed by atoms with Crippen molar-refractivity contribution in [2.24, 2.45) is 0 Å². The van der Waals surface area contributed by atoms with Gasteiger partial charge in [-0.3, -0.25) is 0 Å². The van der Waals surface area contributed by atoms with E-state index in [2.05, 4.69) is 4.98 Å². The first-order valence-corrected chi connectivity index (χ1v) is 14.8. The summed E-state index contributed by atoms with van der Waals surface area (Å²) in [5.74, 6) is -0.876. The number of halogens is 3. The summed E-state index contributed by atoms with van der Waals surface area (Å²) in [6, 6.07) is 16.1. The molecular weight excluding hydrogens is 540 g/mol. The molecule has 0 aliphatic carbocycles. The maximum Gasteiger partial charge on any atom is 0.210 e. The molecule has 1 aromatic heterocycles. The highest BCUT2D eigenvalue weighted by Crippen LogP contribution is 2.41. The van der Waals surface area contributed by atoms with E-state index >= 15 is 0 Å². The molecule has 1 heterocycles. The van der Waals surface area contributed by atoms with Gasteiger partial charge in [0.15, 0.2) is 9.84 Å².